The van der Waals surface area contributed by atoms with Gasteiger partial charge in [-0.1, -0.05) is 6.92 Å². The van der Waals surface area contributed by atoms with Crippen molar-refractivity contribution in [3.63, 3.8) is 0 Å². The lowest BCUT2D eigenvalue weighted by atomic mass is 10.3. The molecule has 0 spiro atoms. The van der Waals surface area contributed by atoms with Crippen molar-refractivity contribution in [3.8, 4) is 0 Å². The summed E-state index contributed by atoms with van der Waals surface area (Å²) >= 11 is 0. The van der Waals surface area contributed by atoms with Gasteiger partial charge in [-0.05, 0) is 20.3 Å². The second kappa shape index (κ2) is 7.31. The summed E-state index contributed by atoms with van der Waals surface area (Å²) in [6, 6.07) is 2.02. The minimum atomic E-state index is -0.806. The monoisotopic (exact) mass is 270 g/mol. The summed E-state index contributed by atoms with van der Waals surface area (Å²) < 4.78 is 11.1. The summed E-state index contributed by atoms with van der Waals surface area (Å²) in [4.78, 5) is 8.65. The molecular formula is C12H22N4OS. The largest absolute Gasteiger partial charge is 0.370 e. The highest BCUT2D eigenvalue weighted by atomic mass is 32.2. The summed E-state index contributed by atoms with van der Waals surface area (Å²) in [7, 11) is -0.806. The molecule has 0 aliphatic carbocycles. The van der Waals surface area contributed by atoms with Gasteiger partial charge in [-0.2, -0.15) is 0 Å². The van der Waals surface area contributed by atoms with Crippen LogP contribution in [0.5, 0.6) is 0 Å². The van der Waals surface area contributed by atoms with E-state index < -0.39 is 10.8 Å². The molecule has 1 rings (SSSR count). The van der Waals surface area contributed by atoms with Gasteiger partial charge in [0.05, 0.1) is 0 Å². The fourth-order valence-corrected chi connectivity index (χ4v) is 2.42. The van der Waals surface area contributed by atoms with Gasteiger partial charge in [-0.15, -0.1) is 0 Å². The number of anilines is 2. The van der Waals surface area contributed by atoms with Gasteiger partial charge in [0, 0.05) is 41.5 Å². The van der Waals surface area contributed by atoms with Gasteiger partial charge in [-0.25, -0.2) is 9.97 Å². The molecule has 1 aromatic heterocycles. The molecule has 6 heteroatoms. The zero-order valence-electron chi connectivity index (χ0n) is 11.5. The van der Waals surface area contributed by atoms with Crippen LogP contribution in [0.4, 0.5) is 11.6 Å². The number of aryl methyl sites for hydroxylation is 1. The first-order valence-corrected chi connectivity index (χ1v) is 7.90. The Labute approximate surface area is 111 Å². The first-order valence-electron chi connectivity index (χ1n) is 6.17. The quantitative estimate of drug-likeness (QED) is 0.790. The molecule has 18 heavy (non-hydrogen) atoms. The van der Waals surface area contributed by atoms with E-state index in [4.69, 9.17) is 0 Å². The molecule has 1 aromatic rings. The molecule has 0 bridgehead atoms. The second-order valence-corrected chi connectivity index (χ2v) is 5.88. The average molecular weight is 270 g/mol. The maximum absolute atomic E-state index is 11.1. The third-order valence-corrected chi connectivity index (χ3v) is 3.24. The number of rotatable bonds is 7. The number of aromatic nitrogens is 2. The molecular weight excluding hydrogens is 248 g/mol. The molecule has 5 nitrogen and oxygen atoms in total. The lowest BCUT2D eigenvalue weighted by molar-refractivity contribution is 0.683. The van der Waals surface area contributed by atoms with Crippen molar-refractivity contribution < 1.29 is 4.21 Å². The van der Waals surface area contributed by atoms with Gasteiger partial charge in [0.25, 0.3) is 0 Å². The standard InChI is InChI=1S/C12H22N4OS/c1-5-6-13-11-7-12(16-10(3)15-11)14-9(2)8-18(4)17/h7,9H,5-6,8H2,1-4H3,(H2,13,14,15,16). The smallest absolute Gasteiger partial charge is 0.132 e. The molecule has 0 aliphatic heterocycles. The zero-order valence-corrected chi connectivity index (χ0v) is 12.3. The summed E-state index contributed by atoms with van der Waals surface area (Å²) in [5.41, 5.74) is 0. The molecule has 1 heterocycles. The van der Waals surface area contributed by atoms with Crippen molar-refractivity contribution in [1.29, 1.82) is 0 Å². The Morgan fingerprint density at radius 2 is 2.06 bits per heavy atom. The van der Waals surface area contributed by atoms with Crippen LogP contribution in [0.3, 0.4) is 0 Å². The van der Waals surface area contributed by atoms with Crippen LogP contribution < -0.4 is 10.6 Å². The highest BCUT2D eigenvalue weighted by Crippen LogP contribution is 2.12. The van der Waals surface area contributed by atoms with E-state index in [0.29, 0.717) is 5.75 Å². The van der Waals surface area contributed by atoms with Gasteiger partial charge in [0.1, 0.15) is 17.5 Å². The van der Waals surface area contributed by atoms with Crippen molar-refractivity contribution in [2.24, 2.45) is 0 Å². The van der Waals surface area contributed by atoms with E-state index in [0.717, 1.165) is 30.4 Å². The van der Waals surface area contributed by atoms with E-state index in [1.165, 1.54) is 0 Å². The molecule has 2 N–H and O–H groups in total. The Bertz CT molecular complexity index is 411. The fraction of sp³-hybridized carbons (Fsp3) is 0.667. The van der Waals surface area contributed by atoms with Crippen molar-refractivity contribution >= 4 is 22.4 Å². The van der Waals surface area contributed by atoms with Gasteiger partial charge < -0.3 is 10.6 Å². The highest BCUT2D eigenvalue weighted by molar-refractivity contribution is 7.84. The molecule has 0 saturated carbocycles. The van der Waals surface area contributed by atoms with Crippen molar-refractivity contribution in [1.82, 2.24) is 9.97 Å². The third kappa shape index (κ3) is 5.44. The normalized spacial score (nSPS) is 14.0. The van der Waals surface area contributed by atoms with Crippen molar-refractivity contribution in [2.75, 3.05) is 29.2 Å². The Kier molecular flexibility index (Phi) is 6.04. The Hall–Kier alpha value is -1.17. The first kappa shape index (κ1) is 14.9. The molecule has 0 saturated heterocycles. The van der Waals surface area contributed by atoms with Crippen LogP contribution in [0.1, 0.15) is 26.1 Å². The number of hydrogen-bond donors (Lipinski definition) is 2. The Morgan fingerprint density at radius 3 is 2.67 bits per heavy atom. The minimum Gasteiger partial charge on any atom is -0.370 e. The lowest BCUT2D eigenvalue weighted by Gasteiger charge is -2.14. The summed E-state index contributed by atoms with van der Waals surface area (Å²) in [6.45, 7) is 6.87. The predicted molar refractivity (Wildman–Crippen MR) is 77.6 cm³/mol. The van der Waals surface area contributed by atoms with E-state index in [-0.39, 0.29) is 6.04 Å². The van der Waals surface area contributed by atoms with Crippen molar-refractivity contribution in [3.05, 3.63) is 11.9 Å². The Balaban J connectivity index is 2.69. The predicted octanol–water partition coefficient (Wildman–Crippen LogP) is 1.79. The van der Waals surface area contributed by atoms with E-state index in [9.17, 15) is 4.21 Å². The van der Waals surface area contributed by atoms with Crippen molar-refractivity contribution in [2.45, 2.75) is 33.2 Å². The molecule has 0 aromatic carbocycles. The molecule has 0 radical (unpaired) electrons. The molecule has 0 fully saturated rings. The maximum Gasteiger partial charge on any atom is 0.132 e. The fourth-order valence-electron chi connectivity index (χ4n) is 1.63. The van der Waals surface area contributed by atoms with Crippen LogP contribution in [0, 0.1) is 6.92 Å². The number of nitrogens with one attached hydrogen (secondary N) is 2. The van der Waals surface area contributed by atoms with Gasteiger partial charge in [0.2, 0.25) is 0 Å². The first-order chi connectivity index (χ1) is 8.51. The highest BCUT2D eigenvalue weighted by Gasteiger charge is 2.07. The lowest BCUT2D eigenvalue weighted by Crippen LogP contribution is -2.23. The van der Waals surface area contributed by atoms with E-state index in [2.05, 4.69) is 27.5 Å². The van der Waals surface area contributed by atoms with E-state index in [1.807, 2.05) is 19.9 Å². The SMILES string of the molecule is CCCNc1cc(NC(C)CS(C)=O)nc(C)n1. The van der Waals surface area contributed by atoms with Crippen LogP contribution in [0.2, 0.25) is 0 Å². The zero-order chi connectivity index (χ0) is 13.5. The number of hydrogen-bond acceptors (Lipinski definition) is 5. The molecule has 2 atom stereocenters. The van der Waals surface area contributed by atoms with Crippen LogP contribution in [0.15, 0.2) is 6.07 Å². The molecule has 2 unspecified atom stereocenters. The summed E-state index contributed by atoms with van der Waals surface area (Å²) in [5.74, 6) is 2.94. The Morgan fingerprint density at radius 1 is 1.39 bits per heavy atom. The number of nitrogens with zero attached hydrogens (tertiary/aromatic N) is 2. The maximum atomic E-state index is 11.1. The molecule has 102 valence electrons. The second-order valence-electron chi connectivity index (χ2n) is 4.40. The van der Waals surface area contributed by atoms with E-state index in [1.54, 1.807) is 6.26 Å². The summed E-state index contributed by atoms with van der Waals surface area (Å²) in [6.07, 6.45) is 2.76. The van der Waals surface area contributed by atoms with Gasteiger partial charge in [-0.3, -0.25) is 4.21 Å². The van der Waals surface area contributed by atoms with Crippen LogP contribution in [-0.4, -0.2) is 38.8 Å². The average Bonchev–Trinajstić information content (AvgIpc) is 2.24. The van der Waals surface area contributed by atoms with E-state index >= 15 is 0 Å². The van der Waals surface area contributed by atoms with Gasteiger partial charge in [0.15, 0.2) is 0 Å². The minimum absolute atomic E-state index is 0.129. The molecule has 0 aliphatic rings. The van der Waals surface area contributed by atoms with Crippen LogP contribution >= 0.6 is 0 Å². The third-order valence-electron chi connectivity index (χ3n) is 2.27. The molecule has 0 amide bonds. The van der Waals surface area contributed by atoms with Crippen LogP contribution in [0.25, 0.3) is 0 Å². The van der Waals surface area contributed by atoms with Gasteiger partial charge >= 0.3 is 0 Å². The topological polar surface area (TPSA) is 66.9 Å². The summed E-state index contributed by atoms with van der Waals surface area (Å²) in [5, 5.41) is 6.49. The van der Waals surface area contributed by atoms with Crippen LogP contribution in [-0.2, 0) is 10.8 Å².